The molecule has 1 spiro atoms. The van der Waals surface area contributed by atoms with Gasteiger partial charge < -0.3 is 5.32 Å². The Morgan fingerprint density at radius 3 is 2.42 bits per heavy atom. The third kappa shape index (κ3) is 3.93. The molecule has 0 radical (unpaired) electrons. The van der Waals surface area contributed by atoms with Crippen molar-refractivity contribution < 1.29 is 18.0 Å². The zero-order valence-electron chi connectivity index (χ0n) is 17.9. The summed E-state index contributed by atoms with van der Waals surface area (Å²) in [5.74, 6) is 0. The Morgan fingerprint density at radius 1 is 1.19 bits per heavy atom. The van der Waals surface area contributed by atoms with Crippen molar-refractivity contribution in [3.63, 3.8) is 0 Å². The lowest BCUT2D eigenvalue weighted by Crippen LogP contribution is -2.63. The highest BCUT2D eigenvalue weighted by atomic mass is 32.1. The molecule has 2 amide bonds. The van der Waals surface area contributed by atoms with E-state index >= 15 is 0 Å². The smallest absolute Gasteiger partial charge is 0.332 e. The molecule has 2 fully saturated rings. The van der Waals surface area contributed by atoms with Gasteiger partial charge in [0, 0.05) is 17.0 Å². The Labute approximate surface area is 184 Å². The number of rotatable bonds is 3. The van der Waals surface area contributed by atoms with E-state index in [1.807, 2.05) is 0 Å². The first-order chi connectivity index (χ1) is 14.6. The Hall–Kier alpha value is -2.13. The molecule has 5 nitrogen and oxygen atoms in total. The molecule has 1 aliphatic heterocycles. The van der Waals surface area contributed by atoms with Crippen LogP contribution in [0.15, 0.2) is 29.8 Å². The fourth-order valence-electron chi connectivity index (χ4n) is 4.97. The monoisotopic (exact) mass is 452 g/mol. The molecular weight excluding hydrogens is 425 g/mol. The van der Waals surface area contributed by atoms with Crippen molar-refractivity contribution in [1.82, 2.24) is 15.2 Å². The Kier molecular flexibility index (Phi) is 5.54. The van der Waals surface area contributed by atoms with Gasteiger partial charge in [0.15, 0.2) is 0 Å². The predicted octanol–water partition coefficient (Wildman–Crippen LogP) is 5.16. The van der Waals surface area contributed by atoms with Gasteiger partial charge >= 0.3 is 12.2 Å². The summed E-state index contributed by atoms with van der Waals surface area (Å²) in [7, 11) is 4.22. The van der Waals surface area contributed by atoms with E-state index in [0.29, 0.717) is 17.8 Å². The van der Waals surface area contributed by atoms with Crippen molar-refractivity contribution in [3.05, 3.63) is 45.9 Å². The van der Waals surface area contributed by atoms with E-state index in [-0.39, 0.29) is 17.1 Å². The molecule has 4 rings (SSSR count). The number of nitrogens with one attached hydrogen (secondary N) is 1. The van der Waals surface area contributed by atoms with Gasteiger partial charge in [0.2, 0.25) is 0 Å². The summed E-state index contributed by atoms with van der Waals surface area (Å²) < 4.78 is 38.8. The molecule has 0 unspecified atom stereocenters. The number of carbonyl (C=O) groups is 1. The van der Waals surface area contributed by atoms with Crippen LogP contribution in [0.5, 0.6) is 0 Å². The highest BCUT2D eigenvalue weighted by Crippen LogP contribution is 2.48. The number of amides is 2. The number of carbonyl (C=O) groups excluding carboxylic acids is 1. The van der Waals surface area contributed by atoms with E-state index < -0.39 is 11.9 Å². The van der Waals surface area contributed by atoms with Crippen molar-refractivity contribution >= 4 is 23.1 Å². The SMILES string of the molecule is Cc1cc(C(F)(F)F)ncc1N1CCC2(CCC(c3cccs3)(N(C)C)CC2)NC1=O. The molecule has 168 valence electrons. The number of pyridine rings is 1. The zero-order valence-corrected chi connectivity index (χ0v) is 18.7. The van der Waals surface area contributed by atoms with Crippen molar-refractivity contribution in [1.29, 1.82) is 0 Å². The van der Waals surface area contributed by atoms with Gasteiger partial charge in [-0.15, -0.1) is 11.3 Å². The molecule has 2 aromatic heterocycles. The van der Waals surface area contributed by atoms with Gasteiger partial charge in [-0.05, 0) is 76.2 Å². The lowest BCUT2D eigenvalue weighted by atomic mass is 9.69. The van der Waals surface area contributed by atoms with E-state index in [9.17, 15) is 18.0 Å². The van der Waals surface area contributed by atoms with Gasteiger partial charge in [0.25, 0.3) is 0 Å². The van der Waals surface area contributed by atoms with E-state index in [4.69, 9.17) is 0 Å². The van der Waals surface area contributed by atoms with Gasteiger partial charge in [-0.25, -0.2) is 9.78 Å². The van der Waals surface area contributed by atoms with Crippen molar-refractivity contribution in [2.45, 2.75) is 56.3 Å². The minimum atomic E-state index is -4.50. The van der Waals surface area contributed by atoms with Gasteiger partial charge in [0.05, 0.1) is 17.4 Å². The zero-order chi connectivity index (χ0) is 22.4. The quantitative estimate of drug-likeness (QED) is 0.700. The number of hydrogen-bond donors (Lipinski definition) is 1. The molecule has 3 heterocycles. The maximum atomic E-state index is 13.0. The van der Waals surface area contributed by atoms with Crippen LogP contribution in [0.4, 0.5) is 23.7 Å². The second-order valence-electron chi connectivity index (χ2n) is 8.87. The first-order valence-electron chi connectivity index (χ1n) is 10.4. The van der Waals surface area contributed by atoms with Gasteiger partial charge in [-0.1, -0.05) is 6.07 Å². The highest BCUT2D eigenvalue weighted by molar-refractivity contribution is 7.10. The number of halogens is 3. The maximum Gasteiger partial charge on any atom is 0.433 e. The lowest BCUT2D eigenvalue weighted by molar-refractivity contribution is -0.141. The number of nitrogens with zero attached hydrogens (tertiary/aromatic N) is 3. The molecule has 0 aromatic carbocycles. The van der Waals surface area contributed by atoms with Crippen LogP contribution < -0.4 is 10.2 Å². The molecule has 2 aromatic rings. The lowest BCUT2D eigenvalue weighted by Gasteiger charge is -2.52. The fraction of sp³-hybridized carbons (Fsp3) is 0.545. The molecule has 1 N–H and O–H groups in total. The average molecular weight is 453 g/mol. The third-order valence-electron chi connectivity index (χ3n) is 6.97. The fourth-order valence-corrected chi connectivity index (χ4v) is 6.04. The summed E-state index contributed by atoms with van der Waals surface area (Å²) in [6.07, 6.45) is 1.04. The first-order valence-corrected chi connectivity index (χ1v) is 11.3. The van der Waals surface area contributed by atoms with E-state index in [0.717, 1.165) is 44.4 Å². The molecule has 1 aliphatic carbocycles. The topological polar surface area (TPSA) is 48.5 Å². The summed E-state index contributed by atoms with van der Waals surface area (Å²) in [6, 6.07) is 5.00. The van der Waals surface area contributed by atoms with Crippen molar-refractivity contribution in [2.75, 3.05) is 25.5 Å². The summed E-state index contributed by atoms with van der Waals surface area (Å²) >= 11 is 1.77. The highest BCUT2D eigenvalue weighted by Gasteiger charge is 2.48. The van der Waals surface area contributed by atoms with Crippen LogP contribution in [0.3, 0.4) is 0 Å². The van der Waals surface area contributed by atoms with Crippen molar-refractivity contribution in [2.24, 2.45) is 0 Å². The Balaban J connectivity index is 1.49. The molecule has 31 heavy (non-hydrogen) atoms. The first kappa shape index (κ1) is 22.1. The Bertz CT molecular complexity index is 950. The number of aryl methyl sites for hydroxylation is 1. The summed E-state index contributed by atoms with van der Waals surface area (Å²) in [5, 5.41) is 5.30. The minimum absolute atomic E-state index is 0.0186. The van der Waals surface area contributed by atoms with Crippen LogP contribution in [-0.4, -0.2) is 42.1 Å². The molecule has 9 heteroatoms. The largest absolute Gasteiger partial charge is 0.433 e. The number of alkyl halides is 3. The number of aromatic nitrogens is 1. The third-order valence-corrected chi connectivity index (χ3v) is 8.03. The number of anilines is 1. The maximum absolute atomic E-state index is 13.0. The van der Waals surface area contributed by atoms with Gasteiger partial charge in [-0.2, -0.15) is 13.2 Å². The number of urea groups is 1. The minimum Gasteiger partial charge on any atom is -0.332 e. The van der Waals surface area contributed by atoms with Gasteiger partial charge in [0.1, 0.15) is 5.69 Å². The second-order valence-corrected chi connectivity index (χ2v) is 9.82. The molecule has 1 saturated heterocycles. The van der Waals surface area contributed by atoms with E-state index in [1.54, 1.807) is 18.3 Å². The van der Waals surface area contributed by atoms with Gasteiger partial charge in [-0.3, -0.25) is 9.80 Å². The second kappa shape index (κ2) is 7.78. The molecule has 0 atom stereocenters. The van der Waals surface area contributed by atoms with Crippen LogP contribution in [0.25, 0.3) is 0 Å². The van der Waals surface area contributed by atoms with E-state index in [2.05, 4.69) is 46.8 Å². The van der Waals surface area contributed by atoms with Crippen LogP contribution in [-0.2, 0) is 11.7 Å². The summed E-state index contributed by atoms with van der Waals surface area (Å²) in [4.78, 5) is 21.7. The summed E-state index contributed by atoms with van der Waals surface area (Å²) in [6.45, 7) is 2.05. The van der Waals surface area contributed by atoms with Crippen LogP contribution in [0.1, 0.15) is 48.2 Å². The average Bonchev–Trinajstić information content (AvgIpc) is 3.24. The van der Waals surface area contributed by atoms with Crippen LogP contribution in [0.2, 0.25) is 0 Å². The van der Waals surface area contributed by atoms with E-state index in [1.165, 1.54) is 9.78 Å². The van der Waals surface area contributed by atoms with Crippen molar-refractivity contribution in [3.8, 4) is 0 Å². The number of thiophene rings is 1. The van der Waals surface area contributed by atoms with Crippen LogP contribution >= 0.6 is 11.3 Å². The Morgan fingerprint density at radius 2 is 1.90 bits per heavy atom. The standard InChI is InChI=1S/C22H27F3N4OS/c1-15-13-17(22(23,24)25)26-14-16(15)29-11-10-20(27-19(29)30)6-8-21(9-7-20,28(2)3)18-5-4-12-31-18/h4-5,12-14H,6-11H2,1-3H3,(H,27,30). The van der Waals surface area contributed by atoms with Crippen LogP contribution in [0, 0.1) is 6.92 Å². The predicted molar refractivity (Wildman–Crippen MR) is 115 cm³/mol. The molecule has 2 aliphatic rings. The number of hydrogen-bond acceptors (Lipinski definition) is 4. The molecule has 0 bridgehead atoms. The molecular formula is C22H27F3N4OS. The summed E-state index contributed by atoms with van der Waals surface area (Å²) in [5.41, 5.74) is -0.408. The molecule has 1 saturated carbocycles. The normalized spacial score (nSPS) is 27.1.